The molecule has 0 N–H and O–H groups in total. The van der Waals surface area contributed by atoms with Gasteiger partial charge in [-0.25, -0.2) is 0 Å². The van der Waals surface area contributed by atoms with Crippen LogP contribution in [0.2, 0.25) is 0 Å². The molecule has 1 aromatic rings. The van der Waals surface area contributed by atoms with E-state index in [9.17, 15) is 4.79 Å². The highest BCUT2D eigenvalue weighted by Crippen LogP contribution is 2.26. The number of amides is 1. The van der Waals surface area contributed by atoms with Crippen molar-refractivity contribution in [2.24, 2.45) is 11.8 Å². The largest absolute Gasteiger partial charge is 0.338 e. The number of hydrogen-bond donors (Lipinski definition) is 0. The molecule has 0 aromatic heterocycles. The van der Waals surface area contributed by atoms with E-state index >= 15 is 0 Å². The maximum Gasteiger partial charge on any atom is 0.223 e. The van der Waals surface area contributed by atoms with Crippen molar-refractivity contribution >= 4 is 5.91 Å². The van der Waals surface area contributed by atoms with E-state index in [-0.39, 0.29) is 5.91 Å². The first-order valence-electron chi connectivity index (χ1n) is 6.37. The van der Waals surface area contributed by atoms with Crippen LogP contribution in [0.5, 0.6) is 0 Å². The highest BCUT2D eigenvalue weighted by atomic mass is 16.2. The van der Waals surface area contributed by atoms with Crippen LogP contribution in [0.3, 0.4) is 0 Å². The first kappa shape index (κ1) is 12.6. The van der Waals surface area contributed by atoms with Crippen LogP contribution in [-0.4, -0.2) is 17.4 Å². The number of rotatable bonds is 3. The molecule has 2 rings (SSSR count). The zero-order valence-electron chi connectivity index (χ0n) is 10.9. The Hall–Kier alpha value is -1.82. The molecule has 1 aliphatic heterocycles. The van der Waals surface area contributed by atoms with Crippen LogP contribution in [0.4, 0.5) is 0 Å². The first-order valence-corrected chi connectivity index (χ1v) is 6.37. The molecule has 3 nitrogen and oxygen atoms in total. The third-order valence-electron chi connectivity index (χ3n) is 3.64. The van der Waals surface area contributed by atoms with Gasteiger partial charge >= 0.3 is 0 Å². The van der Waals surface area contributed by atoms with Crippen molar-refractivity contribution in [1.29, 1.82) is 5.26 Å². The molecule has 1 heterocycles. The van der Waals surface area contributed by atoms with Crippen LogP contribution in [0, 0.1) is 23.2 Å². The fourth-order valence-corrected chi connectivity index (χ4v) is 2.31. The average molecular weight is 242 g/mol. The fourth-order valence-electron chi connectivity index (χ4n) is 2.31. The summed E-state index contributed by atoms with van der Waals surface area (Å²) >= 11 is 0. The van der Waals surface area contributed by atoms with Crippen LogP contribution in [0.25, 0.3) is 0 Å². The summed E-state index contributed by atoms with van der Waals surface area (Å²) in [5.41, 5.74) is 1.75. The molecule has 0 saturated carbocycles. The van der Waals surface area contributed by atoms with Gasteiger partial charge in [-0.3, -0.25) is 4.79 Å². The second kappa shape index (κ2) is 5.22. The molecule has 1 aliphatic rings. The molecule has 3 heteroatoms. The number of carbonyl (C=O) groups excluding carboxylic acids is 1. The van der Waals surface area contributed by atoms with Gasteiger partial charge in [0.15, 0.2) is 0 Å². The van der Waals surface area contributed by atoms with Crippen LogP contribution in [-0.2, 0) is 11.3 Å². The van der Waals surface area contributed by atoms with Gasteiger partial charge in [0.25, 0.3) is 0 Å². The third-order valence-corrected chi connectivity index (χ3v) is 3.64. The summed E-state index contributed by atoms with van der Waals surface area (Å²) in [7, 11) is 0. The van der Waals surface area contributed by atoms with Crippen molar-refractivity contribution in [3.05, 3.63) is 35.4 Å². The van der Waals surface area contributed by atoms with Crippen molar-refractivity contribution in [1.82, 2.24) is 4.90 Å². The van der Waals surface area contributed by atoms with Gasteiger partial charge in [0.1, 0.15) is 0 Å². The Bertz CT molecular complexity index is 470. The van der Waals surface area contributed by atoms with E-state index in [4.69, 9.17) is 5.26 Å². The Kier molecular flexibility index (Phi) is 3.66. The second-order valence-corrected chi connectivity index (χ2v) is 5.29. The fraction of sp³-hybridized carbons (Fsp3) is 0.467. The molecular weight excluding hydrogens is 224 g/mol. The molecule has 0 bridgehead atoms. The number of benzene rings is 1. The lowest BCUT2D eigenvalue weighted by molar-refractivity contribution is -0.128. The van der Waals surface area contributed by atoms with Gasteiger partial charge < -0.3 is 4.90 Å². The second-order valence-electron chi connectivity index (χ2n) is 5.29. The van der Waals surface area contributed by atoms with Gasteiger partial charge in [0, 0.05) is 19.5 Å². The molecule has 1 saturated heterocycles. The van der Waals surface area contributed by atoms with Crippen LogP contribution < -0.4 is 0 Å². The van der Waals surface area contributed by atoms with E-state index in [1.807, 2.05) is 17.0 Å². The molecule has 0 aliphatic carbocycles. The van der Waals surface area contributed by atoms with E-state index in [1.165, 1.54) is 0 Å². The normalized spacial score (nSPS) is 19.3. The Morgan fingerprint density at radius 1 is 1.39 bits per heavy atom. The van der Waals surface area contributed by atoms with E-state index in [1.54, 1.807) is 12.1 Å². The number of nitrogens with zero attached hydrogens (tertiary/aromatic N) is 2. The zero-order chi connectivity index (χ0) is 13.1. The van der Waals surface area contributed by atoms with E-state index in [2.05, 4.69) is 19.9 Å². The van der Waals surface area contributed by atoms with Crippen molar-refractivity contribution in [3.8, 4) is 6.07 Å². The minimum atomic E-state index is 0.248. The van der Waals surface area contributed by atoms with E-state index in [0.717, 1.165) is 12.1 Å². The molecule has 1 amide bonds. The maximum absolute atomic E-state index is 11.9. The Morgan fingerprint density at radius 2 is 2.06 bits per heavy atom. The average Bonchev–Trinajstić information content (AvgIpc) is 2.72. The molecule has 1 atom stereocenters. The zero-order valence-corrected chi connectivity index (χ0v) is 10.9. The summed E-state index contributed by atoms with van der Waals surface area (Å²) in [6, 6.07) is 9.55. The molecular formula is C15H18N2O. The highest BCUT2D eigenvalue weighted by Gasteiger charge is 2.31. The summed E-state index contributed by atoms with van der Waals surface area (Å²) in [5, 5.41) is 8.74. The topological polar surface area (TPSA) is 44.1 Å². The van der Waals surface area contributed by atoms with Crippen LogP contribution in [0.1, 0.15) is 31.4 Å². The molecule has 0 radical (unpaired) electrons. The van der Waals surface area contributed by atoms with Crippen molar-refractivity contribution < 1.29 is 4.79 Å². The summed E-state index contributed by atoms with van der Waals surface area (Å²) in [6.45, 7) is 5.86. The van der Waals surface area contributed by atoms with Crippen molar-refractivity contribution in [2.75, 3.05) is 6.54 Å². The van der Waals surface area contributed by atoms with Gasteiger partial charge in [0.05, 0.1) is 11.6 Å². The summed E-state index contributed by atoms with van der Waals surface area (Å²) in [6.07, 6.45) is 0.675. The first-order chi connectivity index (χ1) is 8.60. The molecule has 1 unspecified atom stereocenters. The molecule has 1 aromatic carbocycles. The Labute approximate surface area is 108 Å². The summed E-state index contributed by atoms with van der Waals surface area (Å²) < 4.78 is 0. The summed E-state index contributed by atoms with van der Waals surface area (Å²) in [5.74, 6) is 1.29. The number of nitriles is 1. The highest BCUT2D eigenvalue weighted by molar-refractivity contribution is 5.78. The lowest BCUT2D eigenvalue weighted by Crippen LogP contribution is -2.25. The smallest absolute Gasteiger partial charge is 0.223 e. The predicted molar refractivity (Wildman–Crippen MR) is 69.5 cm³/mol. The quantitative estimate of drug-likeness (QED) is 0.817. The third kappa shape index (κ3) is 2.70. The number of hydrogen-bond acceptors (Lipinski definition) is 2. The lowest BCUT2D eigenvalue weighted by Gasteiger charge is -2.18. The molecule has 1 fully saturated rings. The Balaban J connectivity index is 2.01. The van der Waals surface area contributed by atoms with E-state index in [0.29, 0.717) is 30.4 Å². The molecule has 18 heavy (non-hydrogen) atoms. The van der Waals surface area contributed by atoms with Gasteiger partial charge in [-0.05, 0) is 29.5 Å². The minimum absolute atomic E-state index is 0.248. The minimum Gasteiger partial charge on any atom is -0.338 e. The molecule has 0 spiro atoms. The Morgan fingerprint density at radius 3 is 2.56 bits per heavy atom. The van der Waals surface area contributed by atoms with Crippen molar-refractivity contribution in [2.45, 2.75) is 26.8 Å². The molecule has 94 valence electrons. The van der Waals surface area contributed by atoms with Gasteiger partial charge in [-0.1, -0.05) is 26.0 Å². The monoisotopic (exact) mass is 242 g/mol. The van der Waals surface area contributed by atoms with Crippen LogP contribution in [0.15, 0.2) is 24.3 Å². The van der Waals surface area contributed by atoms with Gasteiger partial charge in [-0.15, -0.1) is 0 Å². The summed E-state index contributed by atoms with van der Waals surface area (Å²) in [4.78, 5) is 13.8. The standard InChI is InChI=1S/C15H18N2O/c1-11(2)14-7-15(18)17(10-14)9-13-5-3-12(8-16)4-6-13/h3-6,11,14H,7,9-10H2,1-2H3. The van der Waals surface area contributed by atoms with Gasteiger partial charge in [0.2, 0.25) is 5.91 Å². The number of carbonyl (C=O) groups is 1. The predicted octanol–water partition coefficient (Wildman–Crippen LogP) is 2.56. The van der Waals surface area contributed by atoms with E-state index < -0.39 is 0 Å². The van der Waals surface area contributed by atoms with Gasteiger partial charge in [-0.2, -0.15) is 5.26 Å². The van der Waals surface area contributed by atoms with Crippen molar-refractivity contribution in [3.63, 3.8) is 0 Å². The lowest BCUT2D eigenvalue weighted by atomic mass is 9.95. The number of likely N-dealkylation sites (tertiary alicyclic amines) is 1. The SMILES string of the molecule is CC(C)C1CC(=O)N(Cc2ccc(C#N)cc2)C1. The maximum atomic E-state index is 11.9. The van der Waals surface area contributed by atoms with Crippen LogP contribution >= 0.6 is 0 Å².